The van der Waals surface area contributed by atoms with Crippen LogP contribution in [0.15, 0.2) is 72.8 Å². The van der Waals surface area contributed by atoms with Gasteiger partial charge in [0.25, 0.3) is 5.91 Å². The van der Waals surface area contributed by atoms with Crippen molar-refractivity contribution >= 4 is 29.5 Å². The molecule has 1 saturated carbocycles. The van der Waals surface area contributed by atoms with Crippen LogP contribution in [0.2, 0.25) is 0 Å². The summed E-state index contributed by atoms with van der Waals surface area (Å²) in [5.41, 5.74) is 4.05. The van der Waals surface area contributed by atoms with Crippen LogP contribution in [0.1, 0.15) is 62.4 Å². The van der Waals surface area contributed by atoms with Gasteiger partial charge in [-0.1, -0.05) is 36.4 Å². The highest BCUT2D eigenvalue weighted by molar-refractivity contribution is 5.98. The summed E-state index contributed by atoms with van der Waals surface area (Å²) in [6, 6.07) is 21.6. The maximum Gasteiger partial charge on any atom is 0.407 e. The monoisotopic (exact) mass is 736 g/mol. The number of nitrogens with zero attached hydrogens (tertiary/aromatic N) is 4. The average molecular weight is 737 g/mol. The normalized spacial score (nSPS) is 17.9. The van der Waals surface area contributed by atoms with E-state index in [9.17, 15) is 19.2 Å². The Morgan fingerprint density at radius 1 is 0.907 bits per heavy atom. The number of anilines is 1. The van der Waals surface area contributed by atoms with Gasteiger partial charge in [0.2, 0.25) is 17.6 Å². The number of alkyl carbamates (subject to hydrolysis) is 1. The lowest BCUT2D eigenvalue weighted by Gasteiger charge is -2.29. The average Bonchev–Trinajstić information content (AvgIpc) is 3.72. The van der Waals surface area contributed by atoms with E-state index in [1.54, 1.807) is 24.3 Å². The van der Waals surface area contributed by atoms with Crippen LogP contribution in [-0.2, 0) is 25.5 Å². The summed E-state index contributed by atoms with van der Waals surface area (Å²) in [5, 5.41) is 22.9. The predicted octanol–water partition coefficient (Wildman–Crippen LogP) is 5.00. The standard InChI is InChI=1S/C40H48N8O6/c1-40(2,3)54-39(52)41-25-27-9-13-30(14-10-27)36(49)43-34(37(50)42-33-17-15-29(16-18-33)35-44-46-47-45-35)23-26-7-11-28(12-8-26)31-5-4-6-32(24-31)38(51)48-19-21-53-22-20-48/h4-8,11-12,15-18,24,27,30,34H,9-10,13-14,19-23,25H2,1-3H3,(H,41,52)(H,42,50)(H,43,49)(H,44,45,46,47). The molecule has 54 heavy (non-hydrogen) atoms. The Hall–Kier alpha value is -5.63. The highest BCUT2D eigenvalue weighted by Gasteiger charge is 2.30. The third kappa shape index (κ3) is 10.5. The van der Waals surface area contributed by atoms with Crippen molar-refractivity contribution in [2.75, 3.05) is 38.2 Å². The second-order valence-electron chi connectivity index (χ2n) is 14.9. The molecular formula is C40H48N8O6. The van der Waals surface area contributed by atoms with Crippen LogP contribution in [-0.4, -0.2) is 93.8 Å². The molecule has 2 fully saturated rings. The number of nitrogens with one attached hydrogen (secondary N) is 4. The summed E-state index contributed by atoms with van der Waals surface area (Å²) >= 11 is 0. The molecule has 14 nitrogen and oxygen atoms in total. The molecule has 1 aliphatic carbocycles. The summed E-state index contributed by atoms with van der Waals surface area (Å²) < 4.78 is 10.7. The van der Waals surface area contributed by atoms with E-state index in [1.807, 2.05) is 74.2 Å². The number of rotatable bonds is 11. The zero-order valence-electron chi connectivity index (χ0n) is 31.0. The van der Waals surface area contributed by atoms with Crippen molar-refractivity contribution in [2.24, 2.45) is 11.8 Å². The zero-order valence-corrected chi connectivity index (χ0v) is 31.0. The first-order chi connectivity index (χ1) is 26.0. The van der Waals surface area contributed by atoms with E-state index in [2.05, 4.69) is 36.6 Å². The molecule has 0 spiro atoms. The first-order valence-electron chi connectivity index (χ1n) is 18.5. The minimum absolute atomic E-state index is 0.0169. The Labute approximate surface area is 314 Å². The minimum atomic E-state index is -0.846. The molecule has 1 saturated heterocycles. The molecule has 1 aromatic heterocycles. The molecule has 6 rings (SSSR count). The Bertz CT molecular complexity index is 1880. The Kier molecular flexibility index (Phi) is 12.3. The van der Waals surface area contributed by atoms with Crippen molar-refractivity contribution in [1.29, 1.82) is 0 Å². The first-order valence-corrected chi connectivity index (χ1v) is 18.5. The number of hydrogen-bond acceptors (Lipinski definition) is 9. The van der Waals surface area contributed by atoms with Crippen LogP contribution < -0.4 is 16.0 Å². The van der Waals surface area contributed by atoms with E-state index in [0.717, 1.165) is 35.1 Å². The number of H-pyrrole nitrogens is 1. The lowest BCUT2D eigenvalue weighted by molar-refractivity contribution is -0.130. The van der Waals surface area contributed by atoms with Gasteiger partial charge in [-0.2, -0.15) is 5.21 Å². The fourth-order valence-corrected chi connectivity index (χ4v) is 6.74. The number of carbonyl (C=O) groups is 4. The quantitative estimate of drug-likeness (QED) is 0.165. The van der Waals surface area contributed by atoms with Crippen LogP contribution in [0.4, 0.5) is 10.5 Å². The lowest BCUT2D eigenvalue weighted by atomic mass is 9.81. The van der Waals surface area contributed by atoms with Gasteiger partial charge in [-0.05, 0) is 111 Å². The number of ether oxygens (including phenoxy) is 2. The zero-order chi connectivity index (χ0) is 38.1. The van der Waals surface area contributed by atoms with Crippen molar-refractivity contribution in [2.45, 2.75) is 64.5 Å². The molecule has 1 aliphatic heterocycles. The fraction of sp³-hybridized carbons (Fsp3) is 0.425. The second-order valence-corrected chi connectivity index (χ2v) is 14.9. The smallest absolute Gasteiger partial charge is 0.407 e. The van der Waals surface area contributed by atoms with Gasteiger partial charge in [-0.3, -0.25) is 14.4 Å². The maximum absolute atomic E-state index is 13.8. The third-order valence-electron chi connectivity index (χ3n) is 9.68. The van der Waals surface area contributed by atoms with Gasteiger partial charge in [0, 0.05) is 48.8 Å². The fourth-order valence-electron chi connectivity index (χ4n) is 6.74. The highest BCUT2D eigenvalue weighted by Crippen LogP contribution is 2.29. The Morgan fingerprint density at radius 2 is 1.61 bits per heavy atom. The molecule has 2 heterocycles. The van der Waals surface area contributed by atoms with Crippen molar-refractivity contribution in [3.8, 4) is 22.5 Å². The minimum Gasteiger partial charge on any atom is -0.444 e. The number of carbonyl (C=O) groups excluding carboxylic acids is 4. The van der Waals surface area contributed by atoms with E-state index in [-0.39, 0.29) is 36.0 Å². The van der Waals surface area contributed by atoms with E-state index in [1.165, 1.54) is 0 Å². The molecule has 4 N–H and O–H groups in total. The Balaban J connectivity index is 1.11. The van der Waals surface area contributed by atoms with Crippen LogP contribution >= 0.6 is 0 Å². The van der Waals surface area contributed by atoms with Gasteiger partial charge in [0.1, 0.15) is 11.6 Å². The van der Waals surface area contributed by atoms with Gasteiger partial charge in [0.15, 0.2) is 0 Å². The molecule has 3 aromatic carbocycles. The summed E-state index contributed by atoms with van der Waals surface area (Å²) in [4.78, 5) is 54.5. The van der Waals surface area contributed by atoms with Crippen molar-refractivity contribution in [3.63, 3.8) is 0 Å². The lowest BCUT2D eigenvalue weighted by Crippen LogP contribution is -2.48. The summed E-state index contributed by atoms with van der Waals surface area (Å²) in [7, 11) is 0. The molecule has 0 radical (unpaired) electrons. The summed E-state index contributed by atoms with van der Waals surface area (Å²) in [6.45, 7) is 8.18. The van der Waals surface area contributed by atoms with Crippen molar-refractivity contribution in [3.05, 3.63) is 83.9 Å². The van der Waals surface area contributed by atoms with Crippen molar-refractivity contribution < 1.29 is 28.7 Å². The summed E-state index contributed by atoms with van der Waals surface area (Å²) in [6.07, 6.45) is 2.68. The van der Waals surface area contributed by atoms with Gasteiger partial charge in [-0.15, -0.1) is 10.2 Å². The molecule has 1 atom stereocenters. The summed E-state index contributed by atoms with van der Waals surface area (Å²) in [5.74, 6) is -0.0947. The van der Waals surface area contributed by atoms with Gasteiger partial charge in [-0.25, -0.2) is 4.79 Å². The predicted molar refractivity (Wildman–Crippen MR) is 202 cm³/mol. The van der Waals surface area contributed by atoms with E-state index in [4.69, 9.17) is 9.47 Å². The largest absolute Gasteiger partial charge is 0.444 e. The molecule has 284 valence electrons. The second kappa shape index (κ2) is 17.5. The molecule has 0 bridgehead atoms. The SMILES string of the molecule is CC(C)(C)OC(=O)NCC1CCC(C(=O)NC(Cc2ccc(-c3cccc(C(=O)N4CCOCC4)c3)cc2)C(=O)Nc2ccc(-c3nn[nH]n3)cc2)CC1. The van der Waals surface area contributed by atoms with E-state index < -0.39 is 17.7 Å². The van der Waals surface area contributed by atoms with E-state index >= 15 is 0 Å². The third-order valence-corrected chi connectivity index (χ3v) is 9.68. The number of morpholine rings is 1. The van der Waals surface area contributed by atoms with Crippen LogP contribution in [0.5, 0.6) is 0 Å². The first kappa shape index (κ1) is 38.1. The van der Waals surface area contributed by atoms with Gasteiger partial charge < -0.3 is 30.3 Å². The van der Waals surface area contributed by atoms with Gasteiger partial charge >= 0.3 is 6.09 Å². The highest BCUT2D eigenvalue weighted by atomic mass is 16.6. The molecule has 4 aromatic rings. The van der Waals surface area contributed by atoms with Crippen LogP contribution in [0.25, 0.3) is 22.5 Å². The van der Waals surface area contributed by atoms with Crippen molar-refractivity contribution in [1.82, 2.24) is 36.2 Å². The van der Waals surface area contributed by atoms with Crippen LogP contribution in [0, 0.1) is 11.8 Å². The molecule has 1 unspecified atom stereocenters. The number of benzene rings is 3. The van der Waals surface area contributed by atoms with Crippen LogP contribution in [0.3, 0.4) is 0 Å². The number of aromatic amines is 1. The number of aromatic nitrogens is 4. The topological polar surface area (TPSA) is 181 Å². The molecule has 2 aliphatic rings. The molecule has 4 amide bonds. The van der Waals surface area contributed by atoms with Gasteiger partial charge in [0.05, 0.1) is 13.2 Å². The number of tetrazole rings is 1. The number of amides is 4. The molecule has 14 heteroatoms. The Morgan fingerprint density at radius 3 is 2.28 bits per heavy atom. The van der Waals surface area contributed by atoms with E-state index in [0.29, 0.717) is 62.8 Å². The maximum atomic E-state index is 13.8. The molecular weight excluding hydrogens is 688 g/mol. The number of hydrogen-bond donors (Lipinski definition) is 4.